The average molecular weight is 273 g/mol. The molecule has 1 saturated heterocycles. The molecule has 1 rings (SSSR count). The minimum absolute atomic E-state index is 0.372. The highest BCUT2D eigenvalue weighted by Gasteiger charge is 2.17. The Labute approximate surface area is 113 Å². The third-order valence-corrected chi connectivity index (χ3v) is 3.05. The second-order valence-corrected chi connectivity index (χ2v) is 4.51. The highest BCUT2D eigenvalue weighted by atomic mass is 16.5. The zero-order chi connectivity index (χ0) is 14.1. The van der Waals surface area contributed by atoms with Crippen LogP contribution in [-0.4, -0.2) is 67.4 Å². The molecule has 0 spiro atoms. The van der Waals surface area contributed by atoms with Crippen molar-refractivity contribution in [3.8, 4) is 0 Å². The van der Waals surface area contributed by atoms with Crippen LogP contribution in [0, 0.1) is 0 Å². The molecule has 1 atom stereocenters. The van der Waals surface area contributed by atoms with Crippen LogP contribution >= 0.6 is 0 Å². The Bertz CT molecular complexity index is 293. The Morgan fingerprint density at radius 2 is 2.05 bits per heavy atom. The SMILES string of the molecule is CCC(NC(=O)NCCCN1CCOCC1)C(=O)O. The second-order valence-electron chi connectivity index (χ2n) is 4.51. The number of aliphatic carboxylic acids is 1. The van der Waals surface area contributed by atoms with Gasteiger partial charge in [0.25, 0.3) is 0 Å². The van der Waals surface area contributed by atoms with Gasteiger partial charge in [-0.2, -0.15) is 0 Å². The maximum atomic E-state index is 11.4. The zero-order valence-electron chi connectivity index (χ0n) is 11.4. The zero-order valence-corrected chi connectivity index (χ0v) is 11.4. The highest BCUT2D eigenvalue weighted by Crippen LogP contribution is 1.97. The highest BCUT2D eigenvalue weighted by molar-refractivity contribution is 5.82. The first-order chi connectivity index (χ1) is 9.13. The van der Waals surface area contributed by atoms with Gasteiger partial charge in [-0.15, -0.1) is 0 Å². The van der Waals surface area contributed by atoms with Crippen LogP contribution in [0.5, 0.6) is 0 Å². The van der Waals surface area contributed by atoms with Crippen LogP contribution in [0.2, 0.25) is 0 Å². The number of carboxylic acid groups (broad SMARTS) is 1. The molecule has 1 heterocycles. The molecule has 7 nitrogen and oxygen atoms in total. The molecule has 110 valence electrons. The molecule has 19 heavy (non-hydrogen) atoms. The van der Waals surface area contributed by atoms with Gasteiger partial charge in [0.05, 0.1) is 13.2 Å². The van der Waals surface area contributed by atoms with E-state index >= 15 is 0 Å². The fraction of sp³-hybridized carbons (Fsp3) is 0.833. The summed E-state index contributed by atoms with van der Waals surface area (Å²) in [6.07, 6.45) is 1.22. The van der Waals surface area contributed by atoms with Crippen molar-refractivity contribution >= 4 is 12.0 Å². The first-order valence-corrected chi connectivity index (χ1v) is 6.70. The molecule has 0 aromatic rings. The van der Waals surface area contributed by atoms with Gasteiger partial charge in [0.1, 0.15) is 6.04 Å². The first kappa shape index (κ1) is 15.7. The molecule has 0 aliphatic carbocycles. The third kappa shape index (κ3) is 6.40. The van der Waals surface area contributed by atoms with Crippen LogP contribution in [-0.2, 0) is 9.53 Å². The molecule has 7 heteroatoms. The van der Waals surface area contributed by atoms with Gasteiger partial charge in [-0.25, -0.2) is 9.59 Å². The largest absolute Gasteiger partial charge is 0.480 e. The van der Waals surface area contributed by atoms with Crippen molar-refractivity contribution in [2.24, 2.45) is 0 Å². The van der Waals surface area contributed by atoms with Gasteiger partial charge >= 0.3 is 12.0 Å². The lowest BCUT2D eigenvalue weighted by atomic mass is 10.2. The van der Waals surface area contributed by atoms with Crippen LogP contribution < -0.4 is 10.6 Å². The summed E-state index contributed by atoms with van der Waals surface area (Å²) in [5.74, 6) is -1.01. The van der Waals surface area contributed by atoms with E-state index in [1.807, 2.05) is 0 Å². The van der Waals surface area contributed by atoms with Crippen molar-refractivity contribution in [2.45, 2.75) is 25.8 Å². The number of rotatable bonds is 7. The summed E-state index contributed by atoms with van der Waals surface area (Å²) in [5.41, 5.74) is 0. The fourth-order valence-corrected chi connectivity index (χ4v) is 1.88. The Morgan fingerprint density at radius 1 is 1.37 bits per heavy atom. The molecule has 0 radical (unpaired) electrons. The quantitative estimate of drug-likeness (QED) is 0.562. The number of carbonyl (C=O) groups is 2. The van der Waals surface area contributed by atoms with E-state index in [1.54, 1.807) is 6.92 Å². The molecule has 0 aromatic carbocycles. The molecule has 0 saturated carbocycles. The van der Waals surface area contributed by atoms with E-state index in [1.165, 1.54) is 0 Å². The van der Waals surface area contributed by atoms with Crippen molar-refractivity contribution < 1.29 is 19.4 Å². The molecule has 3 N–H and O–H groups in total. The Balaban J connectivity index is 2.07. The molecule has 2 amide bonds. The molecular formula is C12H23N3O4. The number of morpholine rings is 1. The molecule has 1 aliphatic rings. The monoisotopic (exact) mass is 273 g/mol. The van der Waals surface area contributed by atoms with E-state index in [0.717, 1.165) is 39.3 Å². The number of ether oxygens (including phenoxy) is 1. The molecule has 0 aromatic heterocycles. The van der Waals surface area contributed by atoms with E-state index < -0.39 is 18.0 Å². The van der Waals surface area contributed by atoms with Crippen LogP contribution in [0.3, 0.4) is 0 Å². The van der Waals surface area contributed by atoms with Gasteiger partial charge < -0.3 is 20.5 Å². The summed E-state index contributed by atoms with van der Waals surface area (Å²) < 4.78 is 5.25. The number of nitrogens with zero attached hydrogens (tertiary/aromatic N) is 1. The van der Waals surface area contributed by atoms with E-state index in [0.29, 0.717) is 13.0 Å². The van der Waals surface area contributed by atoms with Gasteiger partial charge in [-0.05, 0) is 19.4 Å². The van der Waals surface area contributed by atoms with Crippen LogP contribution in [0.4, 0.5) is 4.79 Å². The topological polar surface area (TPSA) is 90.9 Å². The summed E-state index contributed by atoms with van der Waals surface area (Å²) in [6.45, 7) is 6.58. The average Bonchev–Trinajstić information content (AvgIpc) is 2.42. The minimum Gasteiger partial charge on any atom is -0.480 e. The fourth-order valence-electron chi connectivity index (χ4n) is 1.88. The second kappa shape index (κ2) is 8.71. The van der Waals surface area contributed by atoms with Gasteiger partial charge in [0.15, 0.2) is 0 Å². The van der Waals surface area contributed by atoms with E-state index in [9.17, 15) is 9.59 Å². The number of amides is 2. The van der Waals surface area contributed by atoms with Crippen LogP contribution in [0.1, 0.15) is 19.8 Å². The van der Waals surface area contributed by atoms with Crippen LogP contribution in [0.15, 0.2) is 0 Å². The minimum atomic E-state index is -1.01. The predicted octanol–water partition coefficient (Wildman–Crippen LogP) is -0.129. The van der Waals surface area contributed by atoms with Crippen molar-refractivity contribution in [2.75, 3.05) is 39.4 Å². The van der Waals surface area contributed by atoms with Gasteiger partial charge in [-0.3, -0.25) is 4.90 Å². The summed E-state index contributed by atoms with van der Waals surface area (Å²) in [6, 6.07) is -1.24. The lowest BCUT2D eigenvalue weighted by Gasteiger charge is -2.26. The van der Waals surface area contributed by atoms with Gasteiger partial charge in [0.2, 0.25) is 0 Å². The summed E-state index contributed by atoms with van der Waals surface area (Å²) in [4.78, 5) is 24.5. The lowest BCUT2D eigenvalue weighted by molar-refractivity contribution is -0.139. The van der Waals surface area contributed by atoms with E-state index in [2.05, 4.69) is 15.5 Å². The van der Waals surface area contributed by atoms with Crippen molar-refractivity contribution in [3.05, 3.63) is 0 Å². The summed E-state index contributed by atoms with van der Waals surface area (Å²) in [5, 5.41) is 13.9. The first-order valence-electron chi connectivity index (χ1n) is 6.70. The number of hydrogen-bond acceptors (Lipinski definition) is 4. The van der Waals surface area contributed by atoms with Gasteiger partial charge in [-0.1, -0.05) is 6.92 Å². The standard InChI is InChI=1S/C12H23N3O4/c1-2-10(11(16)17)14-12(18)13-4-3-5-15-6-8-19-9-7-15/h10H,2-9H2,1H3,(H,16,17)(H2,13,14,18). The maximum absolute atomic E-state index is 11.4. The molecule has 0 bridgehead atoms. The van der Waals surface area contributed by atoms with Gasteiger partial charge in [0, 0.05) is 19.6 Å². The third-order valence-electron chi connectivity index (χ3n) is 3.05. The molecule has 1 unspecified atom stereocenters. The Kier molecular flexibility index (Phi) is 7.20. The van der Waals surface area contributed by atoms with Crippen molar-refractivity contribution in [3.63, 3.8) is 0 Å². The summed E-state index contributed by atoms with van der Waals surface area (Å²) >= 11 is 0. The maximum Gasteiger partial charge on any atom is 0.326 e. The molecular weight excluding hydrogens is 250 g/mol. The normalized spacial score (nSPS) is 17.7. The van der Waals surface area contributed by atoms with Crippen molar-refractivity contribution in [1.29, 1.82) is 0 Å². The molecule has 1 fully saturated rings. The Hall–Kier alpha value is -1.34. The van der Waals surface area contributed by atoms with E-state index in [4.69, 9.17) is 9.84 Å². The number of nitrogens with one attached hydrogen (secondary N) is 2. The van der Waals surface area contributed by atoms with Crippen molar-refractivity contribution in [1.82, 2.24) is 15.5 Å². The smallest absolute Gasteiger partial charge is 0.326 e. The van der Waals surface area contributed by atoms with Crippen LogP contribution in [0.25, 0.3) is 0 Å². The number of hydrogen-bond donors (Lipinski definition) is 3. The number of carboxylic acids is 1. The summed E-state index contributed by atoms with van der Waals surface area (Å²) in [7, 11) is 0. The molecule has 1 aliphatic heterocycles. The number of urea groups is 1. The Morgan fingerprint density at radius 3 is 2.63 bits per heavy atom. The number of carbonyl (C=O) groups excluding carboxylic acids is 1. The van der Waals surface area contributed by atoms with E-state index in [-0.39, 0.29) is 0 Å². The predicted molar refractivity (Wildman–Crippen MR) is 70.1 cm³/mol. The lowest BCUT2D eigenvalue weighted by Crippen LogP contribution is -2.46.